The van der Waals surface area contributed by atoms with Gasteiger partial charge in [-0.1, -0.05) is 0 Å². The molecule has 74 valence electrons. The van der Waals surface area contributed by atoms with Crippen molar-refractivity contribution in [3.05, 3.63) is 21.1 Å². The molecule has 0 unspecified atom stereocenters. The van der Waals surface area contributed by atoms with Crippen molar-refractivity contribution in [2.24, 2.45) is 0 Å². The molecule has 2 N–H and O–H groups in total. The van der Waals surface area contributed by atoms with Crippen LogP contribution in [0.5, 0.6) is 5.75 Å². The van der Waals surface area contributed by atoms with Crippen LogP contribution in [0.4, 0.5) is 5.69 Å². The van der Waals surface area contributed by atoms with Crippen molar-refractivity contribution in [2.75, 3.05) is 12.3 Å². The maximum atomic E-state index is 5.92. The van der Waals surface area contributed by atoms with Crippen molar-refractivity contribution in [2.45, 2.75) is 6.92 Å². The quantitative estimate of drug-likeness (QED) is 0.679. The lowest BCUT2D eigenvalue weighted by Gasteiger charge is -2.02. The number of hydrogen-bond acceptors (Lipinski definition) is 3. The van der Waals surface area contributed by atoms with Crippen LogP contribution in [0, 0.1) is 3.57 Å². The van der Waals surface area contributed by atoms with E-state index in [1.807, 2.05) is 18.4 Å². The first kappa shape index (κ1) is 10.0. The van der Waals surface area contributed by atoms with Crippen molar-refractivity contribution in [1.82, 2.24) is 0 Å². The molecule has 1 aromatic heterocycles. The molecule has 2 nitrogen and oxygen atoms in total. The molecule has 2 aromatic rings. The van der Waals surface area contributed by atoms with Gasteiger partial charge in [-0.15, -0.1) is 11.3 Å². The van der Waals surface area contributed by atoms with Crippen LogP contribution in [-0.4, -0.2) is 6.61 Å². The Balaban J connectivity index is 2.66. The zero-order chi connectivity index (χ0) is 10.1. The molecule has 0 amide bonds. The van der Waals surface area contributed by atoms with Gasteiger partial charge in [0.1, 0.15) is 5.75 Å². The predicted molar refractivity (Wildman–Crippen MR) is 70.1 cm³/mol. The van der Waals surface area contributed by atoms with E-state index in [0.717, 1.165) is 25.1 Å². The van der Waals surface area contributed by atoms with Gasteiger partial charge in [-0.05, 0) is 41.6 Å². The van der Waals surface area contributed by atoms with E-state index in [1.165, 1.54) is 0 Å². The van der Waals surface area contributed by atoms with Gasteiger partial charge >= 0.3 is 0 Å². The lowest BCUT2D eigenvalue weighted by Crippen LogP contribution is -1.90. The average Bonchev–Trinajstić information content (AvgIpc) is 2.49. The first-order valence-corrected chi connectivity index (χ1v) is 6.27. The van der Waals surface area contributed by atoms with E-state index in [0.29, 0.717) is 6.61 Å². The molecule has 14 heavy (non-hydrogen) atoms. The molecule has 1 heterocycles. The highest BCUT2D eigenvalue weighted by atomic mass is 127. The Morgan fingerprint density at radius 3 is 3.00 bits per heavy atom. The molecule has 0 spiro atoms. The van der Waals surface area contributed by atoms with E-state index >= 15 is 0 Å². The van der Waals surface area contributed by atoms with Crippen molar-refractivity contribution >= 4 is 49.7 Å². The van der Waals surface area contributed by atoms with Gasteiger partial charge in [0.15, 0.2) is 0 Å². The molecule has 0 saturated heterocycles. The lowest BCUT2D eigenvalue weighted by molar-refractivity contribution is 0.345. The molecule has 0 aliphatic carbocycles. The van der Waals surface area contributed by atoms with Crippen LogP contribution in [0.1, 0.15) is 6.92 Å². The first-order chi connectivity index (χ1) is 6.72. The number of ether oxygens (including phenoxy) is 1. The van der Waals surface area contributed by atoms with Gasteiger partial charge in [-0.25, -0.2) is 0 Å². The Labute approximate surface area is 100 Å². The normalized spacial score (nSPS) is 10.7. The van der Waals surface area contributed by atoms with Gasteiger partial charge < -0.3 is 10.5 Å². The Kier molecular flexibility index (Phi) is 2.83. The molecule has 0 aliphatic rings. The molecule has 4 heteroatoms. The Morgan fingerprint density at radius 2 is 2.29 bits per heavy atom. The highest BCUT2D eigenvalue weighted by Crippen LogP contribution is 2.37. The third-order valence-electron chi connectivity index (χ3n) is 1.93. The zero-order valence-electron chi connectivity index (χ0n) is 7.71. The molecule has 1 aromatic carbocycles. The highest BCUT2D eigenvalue weighted by Gasteiger charge is 2.08. The van der Waals surface area contributed by atoms with Crippen molar-refractivity contribution in [3.63, 3.8) is 0 Å². The number of thiophene rings is 1. The van der Waals surface area contributed by atoms with E-state index in [4.69, 9.17) is 10.5 Å². The summed E-state index contributed by atoms with van der Waals surface area (Å²) in [5.41, 5.74) is 6.75. The number of rotatable bonds is 2. The van der Waals surface area contributed by atoms with Crippen molar-refractivity contribution < 1.29 is 4.74 Å². The number of benzene rings is 1. The standard InChI is InChI=1S/C10H10INOS/c1-2-13-9-5-14-10-7(9)3-6(11)4-8(10)12/h3-5H,2,12H2,1H3. The molecule has 0 aliphatic heterocycles. The van der Waals surface area contributed by atoms with Crippen LogP contribution in [-0.2, 0) is 0 Å². The van der Waals surface area contributed by atoms with Gasteiger partial charge in [0, 0.05) is 14.3 Å². The van der Waals surface area contributed by atoms with E-state index in [-0.39, 0.29) is 0 Å². The molecule has 0 bridgehead atoms. The second kappa shape index (κ2) is 3.94. The topological polar surface area (TPSA) is 35.2 Å². The zero-order valence-corrected chi connectivity index (χ0v) is 10.7. The van der Waals surface area contributed by atoms with Gasteiger partial charge in [-0.2, -0.15) is 0 Å². The van der Waals surface area contributed by atoms with Crippen LogP contribution >= 0.6 is 33.9 Å². The van der Waals surface area contributed by atoms with E-state index in [9.17, 15) is 0 Å². The molecular weight excluding hydrogens is 309 g/mol. The van der Waals surface area contributed by atoms with E-state index in [1.54, 1.807) is 11.3 Å². The van der Waals surface area contributed by atoms with Gasteiger partial charge in [-0.3, -0.25) is 0 Å². The van der Waals surface area contributed by atoms with Crippen LogP contribution in [0.2, 0.25) is 0 Å². The highest BCUT2D eigenvalue weighted by molar-refractivity contribution is 14.1. The van der Waals surface area contributed by atoms with Crippen molar-refractivity contribution in [3.8, 4) is 5.75 Å². The summed E-state index contributed by atoms with van der Waals surface area (Å²) in [7, 11) is 0. The monoisotopic (exact) mass is 319 g/mol. The fraction of sp³-hybridized carbons (Fsp3) is 0.200. The van der Waals surface area contributed by atoms with Gasteiger partial charge in [0.25, 0.3) is 0 Å². The van der Waals surface area contributed by atoms with E-state index in [2.05, 4.69) is 28.7 Å². The number of nitrogens with two attached hydrogens (primary N) is 1. The first-order valence-electron chi connectivity index (χ1n) is 4.31. The third kappa shape index (κ3) is 1.68. The fourth-order valence-electron chi connectivity index (χ4n) is 1.37. The predicted octanol–water partition coefficient (Wildman–Crippen LogP) is 3.49. The Morgan fingerprint density at radius 1 is 1.50 bits per heavy atom. The summed E-state index contributed by atoms with van der Waals surface area (Å²) in [6.45, 7) is 2.68. The summed E-state index contributed by atoms with van der Waals surface area (Å²) in [6, 6.07) is 4.09. The third-order valence-corrected chi connectivity index (χ3v) is 3.58. The largest absolute Gasteiger partial charge is 0.492 e. The van der Waals surface area contributed by atoms with E-state index < -0.39 is 0 Å². The molecule has 0 saturated carbocycles. The molecular formula is C10H10INOS. The number of hydrogen-bond donors (Lipinski definition) is 1. The summed E-state index contributed by atoms with van der Waals surface area (Å²) in [4.78, 5) is 0. The summed E-state index contributed by atoms with van der Waals surface area (Å²) in [6.07, 6.45) is 0. The minimum absolute atomic E-state index is 0.692. The summed E-state index contributed by atoms with van der Waals surface area (Å²) in [5, 5.41) is 3.14. The SMILES string of the molecule is CCOc1csc2c(N)cc(I)cc12. The second-order valence-corrected chi connectivity index (χ2v) is 5.03. The number of fused-ring (bicyclic) bond motifs is 1. The van der Waals surface area contributed by atoms with Gasteiger partial charge in [0.05, 0.1) is 17.0 Å². The average molecular weight is 319 g/mol. The summed E-state index contributed by atoms with van der Waals surface area (Å²) < 4.78 is 7.79. The number of anilines is 1. The van der Waals surface area contributed by atoms with Crippen LogP contribution in [0.3, 0.4) is 0 Å². The number of nitrogen functional groups attached to an aromatic ring is 1. The van der Waals surface area contributed by atoms with Crippen LogP contribution in [0.25, 0.3) is 10.1 Å². The minimum atomic E-state index is 0.692. The fourth-order valence-corrected chi connectivity index (χ4v) is 2.92. The molecule has 0 atom stereocenters. The number of halogens is 1. The van der Waals surface area contributed by atoms with Crippen LogP contribution < -0.4 is 10.5 Å². The molecule has 0 fully saturated rings. The maximum Gasteiger partial charge on any atom is 0.137 e. The van der Waals surface area contributed by atoms with Gasteiger partial charge in [0.2, 0.25) is 0 Å². The molecule has 0 radical (unpaired) electrons. The molecule has 2 rings (SSSR count). The maximum absolute atomic E-state index is 5.92. The van der Waals surface area contributed by atoms with Crippen molar-refractivity contribution in [1.29, 1.82) is 0 Å². The second-order valence-electron chi connectivity index (χ2n) is 2.90. The van der Waals surface area contributed by atoms with Crippen LogP contribution in [0.15, 0.2) is 17.5 Å². The Bertz CT molecular complexity index is 466. The summed E-state index contributed by atoms with van der Waals surface area (Å²) >= 11 is 3.90. The summed E-state index contributed by atoms with van der Waals surface area (Å²) in [5.74, 6) is 0.942. The smallest absolute Gasteiger partial charge is 0.137 e. The minimum Gasteiger partial charge on any atom is -0.492 e. The Hall–Kier alpha value is -0.490. The lowest BCUT2D eigenvalue weighted by atomic mass is 10.2.